The van der Waals surface area contributed by atoms with Gasteiger partial charge in [-0.25, -0.2) is 4.39 Å². The van der Waals surface area contributed by atoms with Gasteiger partial charge >= 0.3 is 11.8 Å². The van der Waals surface area contributed by atoms with Crippen molar-refractivity contribution in [1.29, 1.82) is 5.26 Å². The van der Waals surface area contributed by atoms with Crippen molar-refractivity contribution in [3.63, 3.8) is 0 Å². The number of carbonyl (C=O) groups excluding carboxylic acids is 3. The largest absolute Gasteiger partial charge is 0.412 e. The number of nitrogens with one attached hydrogen (secondary N) is 1. The molecule has 0 bridgehead atoms. The summed E-state index contributed by atoms with van der Waals surface area (Å²) in [5, 5.41) is 20.6. The van der Waals surface area contributed by atoms with Gasteiger partial charge in [0.05, 0.1) is 11.5 Å². The Hall–Kier alpha value is -4.59. The number of benzene rings is 2. The van der Waals surface area contributed by atoms with Crippen molar-refractivity contribution >= 4 is 23.4 Å². The molecule has 0 saturated carbocycles. The predicted octanol–water partition coefficient (Wildman–Crippen LogP) is 3.38. The van der Waals surface area contributed by atoms with E-state index in [-0.39, 0.29) is 36.6 Å². The molecule has 1 N–H and O–H groups in total. The Bertz CT molecular complexity index is 1480. The van der Waals surface area contributed by atoms with Crippen molar-refractivity contribution in [2.75, 3.05) is 18.9 Å². The van der Waals surface area contributed by atoms with Crippen LogP contribution in [-0.4, -0.2) is 63.4 Å². The maximum Gasteiger partial charge on any atom is 0.311 e. The van der Waals surface area contributed by atoms with Gasteiger partial charge in [-0.05, 0) is 48.2 Å². The molecule has 3 heterocycles. The van der Waals surface area contributed by atoms with Crippen molar-refractivity contribution in [2.45, 2.75) is 44.2 Å². The minimum absolute atomic E-state index is 0.0266. The summed E-state index contributed by atoms with van der Waals surface area (Å²) >= 11 is 0. The van der Waals surface area contributed by atoms with E-state index in [1.807, 2.05) is 32.0 Å². The summed E-state index contributed by atoms with van der Waals surface area (Å²) in [6.07, 6.45) is 0.472. The van der Waals surface area contributed by atoms with Gasteiger partial charge in [0.2, 0.25) is 17.7 Å². The Balaban J connectivity index is 1.41. The first-order chi connectivity index (χ1) is 18.6. The van der Waals surface area contributed by atoms with Crippen molar-refractivity contribution < 1.29 is 23.2 Å². The smallest absolute Gasteiger partial charge is 0.311 e. The number of hydrogen-bond donors (Lipinski definition) is 1. The molecule has 10 nitrogen and oxygen atoms in total. The van der Waals surface area contributed by atoms with E-state index in [1.165, 1.54) is 41.1 Å². The standard InChI is InChI=1S/C28H27FN6O4/c1-16(2)12-22(34(3)26(37)24-33-32-23(39-24)17-8-10-18(29)11-9-17)25(36)35-15-28(13-19(35)14-30)20-6-4-5-7-21(20)31-27(28)38/h4-11,16,19,22H,12-13,15H2,1-3H3,(H,31,38)/t19-,22-,28-/m0/s1. The molecule has 1 spiro atoms. The Labute approximate surface area is 224 Å². The highest BCUT2D eigenvalue weighted by atomic mass is 19.1. The molecule has 2 aliphatic heterocycles. The Morgan fingerprint density at radius 3 is 2.64 bits per heavy atom. The monoisotopic (exact) mass is 530 g/mol. The van der Waals surface area contributed by atoms with Crippen LogP contribution in [0.2, 0.25) is 0 Å². The highest BCUT2D eigenvalue weighted by molar-refractivity contribution is 6.07. The van der Waals surface area contributed by atoms with Crippen LogP contribution in [0, 0.1) is 23.1 Å². The topological polar surface area (TPSA) is 132 Å². The highest BCUT2D eigenvalue weighted by Gasteiger charge is 2.56. The second-order valence-electron chi connectivity index (χ2n) is 10.4. The van der Waals surface area contributed by atoms with Crippen LogP contribution in [0.4, 0.5) is 10.1 Å². The number of rotatable bonds is 6. The molecule has 5 rings (SSSR count). The van der Waals surface area contributed by atoms with Crippen LogP contribution in [0.3, 0.4) is 0 Å². The second-order valence-corrected chi connectivity index (χ2v) is 10.4. The van der Waals surface area contributed by atoms with E-state index < -0.39 is 35.1 Å². The summed E-state index contributed by atoms with van der Waals surface area (Å²) in [5.41, 5.74) is 0.839. The molecular formula is C28H27FN6O4. The van der Waals surface area contributed by atoms with Gasteiger partial charge in [-0.2, -0.15) is 5.26 Å². The number of anilines is 1. The molecule has 39 heavy (non-hydrogen) atoms. The number of amides is 3. The number of carbonyl (C=O) groups is 3. The average Bonchev–Trinajstić information content (AvgIpc) is 3.63. The van der Waals surface area contributed by atoms with Gasteiger partial charge in [0, 0.05) is 31.3 Å². The summed E-state index contributed by atoms with van der Waals surface area (Å²) < 4.78 is 18.8. The van der Waals surface area contributed by atoms with E-state index in [0.29, 0.717) is 17.7 Å². The maximum atomic E-state index is 14.0. The molecule has 2 aromatic carbocycles. The fourth-order valence-electron chi connectivity index (χ4n) is 5.36. The number of likely N-dealkylation sites (tertiary alicyclic amines) is 1. The summed E-state index contributed by atoms with van der Waals surface area (Å²) in [5.74, 6) is -2.03. The molecule has 11 heteroatoms. The summed E-state index contributed by atoms with van der Waals surface area (Å²) in [4.78, 5) is 43.1. The zero-order chi connectivity index (χ0) is 27.9. The van der Waals surface area contributed by atoms with Gasteiger partial charge in [-0.15, -0.1) is 10.2 Å². The molecule has 0 radical (unpaired) electrons. The molecule has 3 aromatic rings. The normalized spacial score (nSPS) is 20.6. The first-order valence-corrected chi connectivity index (χ1v) is 12.6. The molecule has 200 valence electrons. The molecule has 0 aliphatic carbocycles. The van der Waals surface area contributed by atoms with Gasteiger partial charge in [0.25, 0.3) is 0 Å². The molecule has 3 amide bonds. The minimum Gasteiger partial charge on any atom is -0.412 e. The third-order valence-corrected chi connectivity index (χ3v) is 7.38. The molecular weight excluding hydrogens is 503 g/mol. The van der Waals surface area contributed by atoms with Gasteiger partial charge in [-0.1, -0.05) is 32.0 Å². The SMILES string of the molecule is CC(C)C[C@@H](C(=O)N1C[C@]2(C[C@H]1C#N)C(=O)Nc1ccccc12)N(C)C(=O)c1nnc(-c2ccc(F)cc2)o1. The Morgan fingerprint density at radius 2 is 1.95 bits per heavy atom. The minimum atomic E-state index is -1.03. The summed E-state index contributed by atoms with van der Waals surface area (Å²) in [6.45, 7) is 3.87. The molecule has 1 saturated heterocycles. The van der Waals surface area contributed by atoms with Crippen molar-refractivity contribution in [3.05, 3.63) is 65.8 Å². The zero-order valence-corrected chi connectivity index (χ0v) is 21.7. The van der Waals surface area contributed by atoms with Crippen LogP contribution in [0.1, 0.15) is 42.9 Å². The van der Waals surface area contributed by atoms with Crippen LogP contribution in [-0.2, 0) is 15.0 Å². The third-order valence-electron chi connectivity index (χ3n) is 7.38. The van der Waals surface area contributed by atoms with E-state index in [9.17, 15) is 24.0 Å². The number of fused-ring (bicyclic) bond motifs is 2. The number of aromatic nitrogens is 2. The third kappa shape index (κ3) is 4.52. The average molecular weight is 531 g/mol. The molecule has 1 aromatic heterocycles. The molecule has 0 unspecified atom stereocenters. The van der Waals surface area contributed by atoms with Crippen molar-refractivity contribution in [1.82, 2.24) is 20.0 Å². The van der Waals surface area contributed by atoms with Crippen LogP contribution < -0.4 is 5.32 Å². The van der Waals surface area contributed by atoms with Gasteiger partial charge in [0.15, 0.2) is 0 Å². The van der Waals surface area contributed by atoms with Crippen molar-refractivity contribution in [2.24, 2.45) is 5.92 Å². The lowest BCUT2D eigenvalue weighted by Crippen LogP contribution is -2.52. The lowest BCUT2D eigenvalue weighted by Gasteiger charge is -2.32. The van der Waals surface area contributed by atoms with Crippen LogP contribution >= 0.6 is 0 Å². The summed E-state index contributed by atoms with van der Waals surface area (Å²) in [7, 11) is 1.47. The fraction of sp³-hybridized carbons (Fsp3) is 0.357. The van der Waals surface area contributed by atoms with E-state index in [1.54, 1.807) is 6.07 Å². The Morgan fingerprint density at radius 1 is 1.23 bits per heavy atom. The van der Waals surface area contributed by atoms with Crippen molar-refractivity contribution in [3.8, 4) is 17.5 Å². The quantitative estimate of drug-likeness (QED) is 0.517. The second kappa shape index (κ2) is 9.94. The predicted molar refractivity (Wildman–Crippen MR) is 138 cm³/mol. The van der Waals surface area contributed by atoms with E-state index >= 15 is 0 Å². The lowest BCUT2D eigenvalue weighted by atomic mass is 9.80. The number of nitrogens with zero attached hydrogens (tertiary/aromatic N) is 5. The number of likely N-dealkylation sites (N-methyl/N-ethyl adjacent to an activating group) is 1. The zero-order valence-electron chi connectivity index (χ0n) is 21.7. The van der Waals surface area contributed by atoms with Crippen LogP contribution in [0.15, 0.2) is 52.9 Å². The lowest BCUT2D eigenvalue weighted by molar-refractivity contribution is -0.136. The number of hydrogen-bond acceptors (Lipinski definition) is 7. The van der Waals surface area contributed by atoms with E-state index in [4.69, 9.17) is 4.42 Å². The van der Waals surface area contributed by atoms with Gasteiger partial charge < -0.3 is 19.5 Å². The Kier molecular flexibility index (Phi) is 6.64. The van der Waals surface area contributed by atoms with Gasteiger partial charge in [0.1, 0.15) is 17.9 Å². The first-order valence-electron chi connectivity index (χ1n) is 12.6. The first kappa shape index (κ1) is 26.0. The summed E-state index contributed by atoms with van der Waals surface area (Å²) in [6, 6.07) is 13.1. The molecule has 2 aliphatic rings. The number of para-hydroxylation sites is 1. The van der Waals surface area contributed by atoms with E-state index in [0.717, 1.165) is 5.56 Å². The number of halogens is 1. The van der Waals surface area contributed by atoms with Crippen LogP contribution in [0.25, 0.3) is 11.5 Å². The molecule has 1 fully saturated rings. The number of nitriles is 1. The maximum absolute atomic E-state index is 14.0. The van der Waals surface area contributed by atoms with Crippen LogP contribution in [0.5, 0.6) is 0 Å². The highest BCUT2D eigenvalue weighted by Crippen LogP contribution is 2.46. The molecule has 3 atom stereocenters. The fourth-order valence-corrected chi connectivity index (χ4v) is 5.36. The van der Waals surface area contributed by atoms with Gasteiger partial charge in [-0.3, -0.25) is 14.4 Å². The van der Waals surface area contributed by atoms with E-state index in [2.05, 4.69) is 21.6 Å².